The molecule has 0 saturated heterocycles. The smallest absolute Gasteiger partial charge is 0.262 e. The predicted molar refractivity (Wildman–Crippen MR) is 79.3 cm³/mol. The molecular weight excluding hydrogens is 254 g/mol. The topological polar surface area (TPSA) is 56.3 Å². The first-order valence-corrected chi connectivity index (χ1v) is 7.16. The van der Waals surface area contributed by atoms with E-state index in [0.717, 1.165) is 19.4 Å². The highest BCUT2D eigenvalue weighted by Gasteiger charge is 2.21. The van der Waals surface area contributed by atoms with Crippen molar-refractivity contribution in [3.63, 3.8) is 0 Å². The SMILES string of the molecule is CCNc1ncnc(OCC2CC=CCC2C)c1OC. The van der Waals surface area contributed by atoms with Gasteiger partial charge in [0.1, 0.15) is 6.33 Å². The standard InChI is InChI=1S/C15H23N3O2/c1-4-16-14-13(19-3)15(18-10-17-14)20-9-12-8-6-5-7-11(12)2/h5-6,10-12H,4,7-9H2,1-3H3,(H,16,17,18). The average molecular weight is 277 g/mol. The summed E-state index contributed by atoms with van der Waals surface area (Å²) < 4.78 is 11.2. The molecule has 1 N–H and O–H groups in total. The molecule has 0 fully saturated rings. The molecule has 5 heteroatoms. The number of nitrogens with one attached hydrogen (secondary N) is 1. The maximum Gasteiger partial charge on any atom is 0.262 e. The highest BCUT2D eigenvalue weighted by molar-refractivity contribution is 5.54. The molecule has 2 rings (SSSR count). The highest BCUT2D eigenvalue weighted by Crippen LogP contribution is 2.32. The maximum atomic E-state index is 5.87. The van der Waals surface area contributed by atoms with Gasteiger partial charge in [-0.25, -0.2) is 4.98 Å². The van der Waals surface area contributed by atoms with Crippen LogP contribution in [0.25, 0.3) is 0 Å². The summed E-state index contributed by atoms with van der Waals surface area (Å²) >= 11 is 0. The van der Waals surface area contributed by atoms with Gasteiger partial charge in [0.15, 0.2) is 5.82 Å². The third-order valence-electron chi connectivity index (χ3n) is 3.67. The van der Waals surface area contributed by atoms with Crippen molar-refractivity contribution >= 4 is 5.82 Å². The minimum atomic E-state index is 0.514. The molecule has 0 bridgehead atoms. The summed E-state index contributed by atoms with van der Waals surface area (Å²) in [6, 6.07) is 0. The normalized spacial score (nSPS) is 21.6. The van der Waals surface area contributed by atoms with Gasteiger partial charge < -0.3 is 14.8 Å². The van der Waals surface area contributed by atoms with Gasteiger partial charge in [-0.3, -0.25) is 0 Å². The number of ether oxygens (including phenoxy) is 2. The van der Waals surface area contributed by atoms with Crippen molar-refractivity contribution in [3.05, 3.63) is 18.5 Å². The number of methoxy groups -OCH3 is 1. The Morgan fingerprint density at radius 3 is 2.80 bits per heavy atom. The maximum absolute atomic E-state index is 5.87. The van der Waals surface area contributed by atoms with Crippen molar-refractivity contribution < 1.29 is 9.47 Å². The van der Waals surface area contributed by atoms with Crippen LogP contribution in [0.3, 0.4) is 0 Å². The van der Waals surface area contributed by atoms with Gasteiger partial charge in [0.05, 0.1) is 13.7 Å². The van der Waals surface area contributed by atoms with Crippen molar-refractivity contribution in [1.29, 1.82) is 0 Å². The lowest BCUT2D eigenvalue weighted by Crippen LogP contribution is -2.21. The molecule has 2 unspecified atom stereocenters. The number of aromatic nitrogens is 2. The summed E-state index contributed by atoms with van der Waals surface area (Å²) in [5.41, 5.74) is 0. The zero-order chi connectivity index (χ0) is 14.4. The van der Waals surface area contributed by atoms with Gasteiger partial charge in [-0.15, -0.1) is 0 Å². The first kappa shape index (κ1) is 14.6. The lowest BCUT2D eigenvalue weighted by Gasteiger charge is -2.25. The van der Waals surface area contributed by atoms with Crippen LogP contribution in [0.15, 0.2) is 18.5 Å². The van der Waals surface area contributed by atoms with Crippen LogP contribution in [-0.2, 0) is 0 Å². The highest BCUT2D eigenvalue weighted by atomic mass is 16.5. The molecule has 0 radical (unpaired) electrons. The van der Waals surface area contributed by atoms with Crippen molar-refractivity contribution in [2.45, 2.75) is 26.7 Å². The summed E-state index contributed by atoms with van der Waals surface area (Å²) in [6.07, 6.45) is 8.16. The third kappa shape index (κ3) is 3.40. The Morgan fingerprint density at radius 1 is 1.30 bits per heavy atom. The Balaban J connectivity index is 2.05. The van der Waals surface area contributed by atoms with Crippen LogP contribution < -0.4 is 14.8 Å². The van der Waals surface area contributed by atoms with Crippen LogP contribution in [0.4, 0.5) is 5.82 Å². The number of hydrogen-bond acceptors (Lipinski definition) is 5. The second-order valence-electron chi connectivity index (χ2n) is 5.08. The van der Waals surface area contributed by atoms with Crippen molar-refractivity contribution in [1.82, 2.24) is 9.97 Å². The van der Waals surface area contributed by atoms with Gasteiger partial charge in [0.2, 0.25) is 5.75 Å². The third-order valence-corrected chi connectivity index (χ3v) is 3.67. The number of nitrogens with zero attached hydrogens (tertiary/aromatic N) is 2. The molecule has 2 atom stereocenters. The second kappa shape index (κ2) is 7.12. The summed E-state index contributed by atoms with van der Waals surface area (Å²) in [4.78, 5) is 8.36. The van der Waals surface area contributed by atoms with Crippen LogP contribution in [-0.4, -0.2) is 30.2 Å². The van der Waals surface area contributed by atoms with E-state index < -0.39 is 0 Å². The molecule has 1 aliphatic carbocycles. The molecule has 1 aliphatic rings. The molecule has 0 spiro atoms. The fourth-order valence-electron chi connectivity index (χ4n) is 2.36. The second-order valence-corrected chi connectivity index (χ2v) is 5.08. The zero-order valence-electron chi connectivity index (χ0n) is 12.4. The van der Waals surface area contributed by atoms with E-state index in [1.807, 2.05) is 6.92 Å². The molecule has 0 aromatic carbocycles. The number of hydrogen-bond donors (Lipinski definition) is 1. The molecule has 1 heterocycles. The first-order chi connectivity index (χ1) is 9.76. The van der Waals surface area contributed by atoms with E-state index in [0.29, 0.717) is 35.9 Å². The lowest BCUT2D eigenvalue weighted by atomic mass is 9.85. The van der Waals surface area contributed by atoms with E-state index >= 15 is 0 Å². The van der Waals surface area contributed by atoms with Crippen LogP contribution in [0.2, 0.25) is 0 Å². The molecule has 1 aromatic heterocycles. The van der Waals surface area contributed by atoms with Crippen LogP contribution in [0, 0.1) is 11.8 Å². The Labute approximate surface area is 120 Å². The number of allylic oxidation sites excluding steroid dienone is 2. The molecule has 0 saturated carbocycles. The monoisotopic (exact) mass is 277 g/mol. The Kier molecular flexibility index (Phi) is 5.21. The molecule has 110 valence electrons. The van der Waals surface area contributed by atoms with Crippen LogP contribution in [0.5, 0.6) is 11.6 Å². The largest absolute Gasteiger partial charge is 0.489 e. The van der Waals surface area contributed by atoms with Crippen molar-refractivity contribution in [3.8, 4) is 11.6 Å². The quantitative estimate of drug-likeness (QED) is 0.810. The van der Waals surface area contributed by atoms with Gasteiger partial charge >= 0.3 is 0 Å². The molecular formula is C15H23N3O2. The first-order valence-electron chi connectivity index (χ1n) is 7.16. The summed E-state index contributed by atoms with van der Waals surface area (Å²) in [6.45, 7) is 5.71. The van der Waals surface area contributed by atoms with Crippen molar-refractivity contribution in [2.24, 2.45) is 11.8 Å². The van der Waals surface area contributed by atoms with E-state index in [-0.39, 0.29) is 0 Å². The van der Waals surface area contributed by atoms with Gasteiger partial charge in [-0.1, -0.05) is 19.1 Å². The molecule has 5 nitrogen and oxygen atoms in total. The minimum absolute atomic E-state index is 0.514. The Bertz CT molecular complexity index is 462. The molecule has 0 amide bonds. The van der Waals surface area contributed by atoms with Crippen LogP contribution >= 0.6 is 0 Å². The summed E-state index contributed by atoms with van der Waals surface area (Å²) in [7, 11) is 1.61. The van der Waals surface area contributed by atoms with E-state index in [1.54, 1.807) is 7.11 Å². The van der Waals surface area contributed by atoms with Gasteiger partial charge in [-0.2, -0.15) is 4.98 Å². The Hall–Kier alpha value is -1.78. The summed E-state index contributed by atoms with van der Waals surface area (Å²) in [5, 5.41) is 3.15. The Morgan fingerprint density at radius 2 is 2.10 bits per heavy atom. The molecule has 20 heavy (non-hydrogen) atoms. The fraction of sp³-hybridized carbons (Fsp3) is 0.600. The number of anilines is 1. The minimum Gasteiger partial charge on any atom is -0.489 e. The van der Waals surface area contributed by atoms with Gasteiger partial charge in [0.25, 0.3) is 5.88 Å². The van der Waals surface area contributed by atoms with E-state index in [9.17, 15) is 0 Å². The van der Waals surface area contributed by atoms with Gasteiger partial charge in [0, 0.05) is 6.54 Å². The average Bonchev–Trinajstić information content (AvgIpc) is 2.47. The molecule has 1 aromatic rings. The molecule has 0 aliphatic heterocycles. The zero-order valence-corrected chi connectivity index (χ0v) is 12.4. The lowest BCUT2D eigenvalue weighted by molar-refractivity contribution is 0.186. The predicted octanol–water partition coefficient (Wildman–Crippen LogP) is 2.90. The van der Waals surface area contributed by atoms with Crippen LogP contribution in [0.1, 0.15) is 26.7 Å². The van der Waals surface area contributed by atoms with Gasteiger partial charge in [-0.05, 0) is 31.6 Å². The number of rotatable bonds is 6. The van der Waals surface area contributed by atoms with E-state index in [2.05, 4.69) is 34.4 Å². The van der Waals surface area contributed by atoms with Crippen molar-refractivity contribution in [2.75, 3.05) is 25.6 Å². The van der Waals surface area contributed by atoms with E-state index in [1.165, 1.54) is 6.33 Å². The summed E-state index contributed by atoms with van der Waals surface area (Å²) in [5.74, 6) is 2.94. The van der Waals surface area contributed by atoms with E-state index in [4.69, 9.17) is 9.47 Å². The fourth-order valence-corrected chi connectivity index (χ4v) is 2.36.